The van der Waals surface area contributed by atoms with Gasteiger partial charge in [-0.15, -0.1) is 11.8 Å². The summed E-state index contributed by atoms with van der Waals surface area (Å²) in [6, 6.07) is 19.4. The number of ether oxygens (including phenoxy) is 2. The van der Waals surface area contributed by atoms with E-state index in [2.05, 4.69) is 5.32 Å². The van der Waals surface area contributed by atoms with Crippen molar-refractivity contribution in [2.75, 3.05) is 31.8 Å². The Balaban J connectivity index is 1.57. The van der Waals surface area contributed by atoms with Gasteiger partial charge in [-0.05, 0) is 53.4 Å². The maximum absolute atomic E-state index is 13.9. The van der Waals surface area contributed by atoms with Crippen LogP contribution in [0.2, 0.25) is 0 Å². The van der Waals surface area contributed by atoms with E-state index in [4.69, 9.17) is 9.47 Å². The Bertz CT molecular complexity index is 1240. The molecule has 3 aromatic carbocycles. The van der Waals surface area contributed by atoms with Crippen LogP contribution in [-0.4, -0.2) is 43.2 Å². The van der Waals surface area contributed by atoms with Gasteiger partial charge in [-0.3, -0.25) is 9.59 Å². The quantitative estimate of drug-likeness (QED) is 0.581. The molecular formula is C27H26N2O4S. The lowest BCUT2D eigenvalue weighted by atomic mass is 9.87. The average molecular weight is 475 g/mol. The number of carbonyl (C=O) groups excluding carboxylic acids is 2. The number of hydrogen-bond acceptors (Lipinski definition) is 5. The minimum Gasteiger partial charge on any atom is -0.493 e. The Morgan fingerprint density at radius 2 is 1.76 bits per heavy atom. The monoisotopic (exact) mass is 474 g/mol. The number of methoxy groups -OCH3 is 2. The van der Waals surface area contributed by atoms with E-state index >= 15 is 0 Å². The zero-order valence-electron chi connectivity index (χ0n) is 19.2. The van der Waals surface area contributed by atoms with Crippen molar-refractivity contribution in [1.29, 1.82) is 0 Å². The molecule has 0 unspecified atom stereocenters. The van der Waals surface area contributed by atoms with Gasteiger partial charge in [-0.2, -0.15) is 0 Å². The Kier molecular flexibility index (Phi) is 6.20. The van der Waals surface area contributed by atoms with Gasteiger partial charge in [0.1, 0.15) is 0 Å². The zero-order chi connectivity index (χ0) is 23.7. The number of anilines is 1. The molecule has 0 fully saturated rings. The molecule has 0 saturated heterocycles. The van der Waals surface area contributed by atoms with Crippen LogP contribution in [0.5, 0.6) is 11.5 Å². The predicted molar refractivity (Wildman–Crippen MR) is 133 cm³/mol. The first-order valence-electron chi connectivity index (χ1n) is 11.3. The normalized spacial score (nSPS) is 17.2. The number of benzene rings is 3. The maximum Gasteiger partial charge on any atom is 0.254 e. The molecule has 0 bridgehead atoms. The van der Waals surface area contributed by atoms with Gasteiger partial charge in [0.25, 0.3) is 5.91 Å². The molecule has 0 spiro atoms. The highest BCUT2D eigenvalue weighted by atomic mass is 32.2. The summed E-state index contributed by atoms with van der Waals surface area (Å²) in [5, 5.41) is 2.95. The molecule has 7 heteroatoms. The standard InChI is InChI=1S/C27H26N2O4S/c1-32-22-15-18-10-12-29(26(17-6-4-3-5-7-17)20(18)16-23(22)33-2)27(31)19-8-9-24-21(14-19)28-25(30)11-13-34-24/h3-9,14-16,26H,10-13H2,1-2H3,(H,28,30)/t26-/m0/s1. The second-order valence-corrected chi connectivity index (χ2v) is 9.46. The molecule has 3 aromatic rings. The maximum atomic E-state index is 13.9. The van der Waals surface area contributed by atoms with Crippen LogP contribution >= 0.6 is 11.8 Å². The van der Waals surface area contributed by atoms with Crippen LogP contribution in [0.3, 0.4) is 0 Å². The van der Waals surface area contributed by atoms with Crippen molar-refractivity contribution in [2.24, 2.45) is 0 Å². The van der Waals surface area contributed by atoms with E-state index in [0.29, 0.717) is 42.1 Å². The summed E-state index contributed by atoms with van der Waals surface area (Å²) in [6.45, 7) is 0.569. The fourth-order valence-corrected chi connectivity index (χ4v) is 5.62. The number of nitrogens with zero attached hydrogens (tertiary/aromatic N) is 1. The van der Waals surface area contributed by atoms with Crippen LogP contribution in [0.1, 0.15) is 39.5 Å². The lowest BCUT2D eigenvalue weighted by Gasteiger charge is -2.38. The molecule has 6 nitrogen and oxygen atoms in total. The summed E-state index contributed by atoms with van der Waals surface area (Å²) < 4.78 is 11.1. The van der Waals surface area contributed by atoms with Crippen LogP contribution in [0.15, 0.2) is 65.6 Å². The van der Waals surface area contributed by atoms with Crippen LogP contribution in [-0.2, 0) is 11.2 Å². The fraction of sp³-hybridized carbons (Fsp3) is 0.259. The summed E-state index contributed by atoms with van der Waals surface area (Å²) in [7, 11) is 3.25. The van der Waals surface area contributed by atoms with Gasteiger partial charge in [0, 0.05) is 29.2 Å². The number of carbonyl (C=O) groups is 2. The lowest BCUT2D eigenvalue weighted by Crippen LogP contribution is -2.40. The molecule has 5 rings (SSSR count). The third kappa shape index (κ3) is 4.12. The zero-order valence-corrected chi connectivity index (χ0v) is 20.0. The molecule has 1 atom stereocenters. The molecule has 0 radical (unpaired) electrons. The SMILES string of the molecule is COc1cc2c(cc1OC)[C@H](c1ccccc1)N(C(=O)c1ccc3c(c1)NC(=O)CCS3)CC2. The summed E-state index contributed by atoms with van der Waals surface area (Å²) in [4.78, 5) is 28.9. The first kappa shape index (κ1) is 22.3. The minimum absolute atomic E-state index is 0.0223. The van der Waals surface area contributed by atoms with Crippen molar-refractivity contribution >= 4 is 29.3 Å². The smallest absolute Gasteiger partial charge is 0.254 e. The fourth-order valence-electron chi connectivity index (χ4n) is 4.68. The van der Waals surface area contributed by atoms with E-state index in [1.807, 2.05) is 59.5 Å². The molecule has 2 heterocycles. The predicted octanol–water partition coefficient (Wildman–Crippen LogP) is 4.93. The second kappa shape index (κ2) is 9.43. The van der Waals surface area contributed by atoms with Gasteiger partial charge < -0.3 is 19.7 Å². The van der Waals surface area contributed by atoms with Gasteiger partial charge in [0.2, 0.25) is 5.91 Å². The molecule has 0 aliphatic carbocycles. The molecule has 1 N–H and O–H groups in total. The molecule has 2 amide bonds. The van der Waals surface area contributed by atoms with Crippen LogP contribution < -0.4 is 14.8 Å². The Morgan fingerprint density at radius 3 is 2.53 bits per heavy atom. The summed E-state index contributed by atoms with van der Waals surface area (Å²) in [6.07, 6.45) is 1.18. The topological polar surface area (TPSA) is 67.9 Å². The lowest BCUT2D eigenvalue weighted by molar-refractivity contribution is -0.115. The van der Waals surface area contributed by atoms with Crippen LogP contribution in [0, 0.1) is 0 Å². The van der Waals surface area contributed by atoms with E-state index in [1.165, 1.54) is 0 Å². The third-order valence-corrected chi connectivity index (χ3v) is 7.41. The number of amides is 2. The highest BCUT2D eigenvalue weighted by molar-refractivity contribution is 7.99. The largest absolute Gasteiger partial charge is 0.493 e. The summed E-state index contributed by atoms with van der Waals surface area (Å²) >= 11 is 1.63. The van der Waals surface area contributed by atoms with Crippen molar-refractivity contribution in [1.82, 2.24) is 4.90 Å². The van der Waals surface area contributed by atoms with Gasteiger partial charge in [-0.1, -0.05) is 30.3 Å². The van der Waals surface area contributed by atoms with Crippen LogP contribution in [0.4, 0.5) is 5.69 Å². The summed E-state index contributed by atoms with van der Waals surface area (Å²) in [5.41, 5.74) is 4.47. The molecule has 2 aliphatic heterocycles. The van der Waals surface area contributed by atoms with Gasteiger partial charge >= 0.3 is 0 Å². The average Bonchev–Trinajstić information content (AvgIpc) is 3.06. The Labute approximate surface area is 203 Å². The minimum atomic E-state index is -0.264. The molecule has 0 aromatic heterocycles. The molecule has 0 saturated carbocycles. The Morgan fingerprint density at radius 1 is 1.00 bits per heavy atom. The first-order chi connectivity index (χ1) is 16.6. The van der Waals surface area contributed by atoms with Crippen molar-refractivity contribution in [2.45, 2.75) is 23.8 Å². The number of nitrogens with one attached hydrogen (secondary N) is 1. The summed E-state index contributed by atoms with van der Waals surface area (Å²) in [5.74, 6) is 1.97. The van der Waals surface area contributed by atoms with Gasteiger partial charge in [0.15, 0.2) is 11.5 Å². The van der Waals surface area contributed by atoms with E-state index in [0.717, 1.165) is 27.3 Å². The molecular weight excluding hydrogens is 448 g/mol. The third-order valence-electron chi connectivity index (χ3n) is 6.34. The van der Waals surface area contributed by atoms with Crippen molar-refractivity contribution in [3.63, 3.8) is 0 Å². The first-order valence-corrected chi connectivity index (χ1v) is 12.2. The molecule has 174 valence electrons. The van der Waals surface area contributed by atoms with Crippen LogP contribution in [0.25, 0.3) is 0 Å². The number of thioether (sulfide) groups is 1. The Hall–Kier alpha value is -3.45. The number of rotatable bonds is 4. The van der Waals surface area contributed by atoms with E-state index in [1.54, 1.807) is 32.0 Å². The molecule has 2 aliphatic rings. The highest BCUT2D eigenvalue weighted by Crippen LogP contribution is 2.42. The molecule has 34 heavy (non-hydrogen) atoms. The second-order valence-electron chi connectivity index (χ2n) is 8.33. The van der Waals surface area contributed by atoms with Crippen molar-refractivity contribution < 1.29 is 19.1 Å². The van der Waals surface area contributed by atoms with Gasteiger partial charge in [-0.25, -0.2) is 0 Å². The van der Waals surface area contributed by atoms with Crippen molar-refractivity contribution in [3.8, 4) is 11.5 Å². The number of hydrogen-bond donors (Lipinski definition) is 1. The van der Waals surface area contributed by atoms with E-state index < -0.39 is 0 Å². The highest BCUT2D eigenvalue weighted by Gasteiger charge is 2.34. The van der Waals surface area contributed by atoms with E-state index in [9.17, 15) is 9.59 Å². The number of fused-ring (bicyclic) bond motifs is 2. The van der Waals surface area contributed by atoms with Gasteiger partial charge in [0.05, 0.1) is 25.9 Å². The van der Waals surface area contributed by atoms with E-state index in [-0.39, 0.29) is 17.9 Å². The van der Waals surface area contributed by atoms with Crippen molar-refractivity contribution in [3.05, 3.63) is 82.9 Å².